The van der Waals surface area contributed by atoms with Crippen molar-refractivity contribution in [2.75, 3.05) is 6.54 Å². The van der Waals surface area contributed by atoms with Crippen LogP contribution in [0.1, 0.15) is 50.5 Å². The number of carboxylic acids is 1. The van der Waals surface area contributed by atoms with E-state index in [2.05, 4.69) is 5.32 Å². The molecule has 0 spiro atoms. The van der Waals surface area contributed by atoms with Gasteiger partial charge in [0, 0.05) is 0 Å². The number of carboxylic acid groups (broad SMARTS) is 1. The first kappa shape index (κ1) is 22.9. The van der Waals surface area contributed by atoms with Crippen LogP contribution in [0.2, 0.25) is 0 Å². The maximum Gasteiger partial charge on any atom is 0.328 e. The molecule has 1 heterocycles. The van der Waals surface area contributed by atoms with E-state index < -0.39 is 35.0 Å². The van der Waals surface area contributed by atoms with Crippen LogP contribution >= 0.6 is 0 Å². The summed E-state index contributed by atoms with van der Waals surface area (Å²) in [6, 6.07) is 7.74. The highest BCUT2D eigenvalue weighted by Gasteiger charge is 2.77. The lowest BCUT2D eigenvalue weighted by Crippen LogP contribution is -2.67. The molecule has 6 atom stereocenters. The molecule has 1 aliphatic heterocycles. The van der Waals surface area contributed by atoms with Crippen LogP contribution in [0.3, 0.4) is 0 Å². The van der Waals surface area contributed by atoms with Gasteiger partial charge in [-0.3, -0.25) is 14.9 Å². The Morgan fingerprint density at radius 1 is 1.22 bits per heavy atom. The van der Waals surface area contributed by atoms with Crippen LogP contribution in [0.15, 0.2) is 30.3 Å². The number of hydrogen-bond donors (Lipinski definition) is 4. The van der Waals surface area contributed by atoms with Crippen LogP contribution in [0, 0.1) is 17.3 Å². The van der Waals surface area contributed by atoms with E-state index in [4.69, 9.17) is 16.2 Å². The number of hydrogen-bond acceptors (Lipinski definition) is 7. The van der Waals surface area contributed by atoms with Crippen molar-refractivity contribution in [3.63, 3.8) is 0 Å². The predicted molar refractivity (Wildman–Crippen MR) is 117 cm³/mol. The monoisotopic (exact) mass is 443 g/mol. The number of esters is 1. The second-order valence-corrected chi connectivity index (χ2v) is 9.59. The number of unbranched alkanes of at least 4 members (excludes halogenated alkanes) is 1. The molecule has 174 valence electrons. The van der Waals surface area contributed by atoms with Gasteiger partial charge in [-0.05, 0) is 62.5 Å². The zero-order valence-electron chi connectivity index (χ0n) is 18.3. The Labute approximate surface area is 188 Å². The largest absolute Gasteiger partial charge is 0.480 e. The number of carbonyl (C=O) groups excluding carboxylic acids is 2. The fraction of sp³-hybridized carbons (Fsp3) is 0.625. The quantitative estimate of drug-likeness (QED) is 0.313. The Hall–Kier alpha value is -2.29. The fourth-order valence-corrected chi connectivity index (χ4v) is 6.51. The third-order valence-corrected chi connectivity index (χ3v) is 7.93. The number of rotatable bonds is 10. The van der Waals surface area contributed by atoms with Crippen LogP contribution < -0.4 is 16.8 Å². The summed E-state index contributed by atoms with van der Waals surface area (Å²) in [6.07, 6.45) is 4.22. The molecule has 3 fully saturated rings. The van der Waals surface area contributed by atoms with Crippen LogP contribution in [0.25, 0.3) is 0 Å². The van der Waals surface area contributed by atoms with Crippen LogP contribution in [0.4, 0.5) is 0 Å². The summed E-state index contributed by atoms with van der Waals surface area (Å²) in [5.41, 5.74) is 10.4. The number of ether oxygens (including phenoxy) is 1. The van der Waals surface area contributed by atoms with Gasteiger partial charge < -0.3 is 21.3 Å². The van der Waals surface area contributed by atoms with Gasteiger partial charge in [0.15, 0.2) is 5.78 Å². The Morgan fingerprint density at radius 3 is 2.66 bits per heavy atom. The van der Waals surface area contributed by atoms with E-state index in [1.807, 2.05) is 30.3 Å². The Morgan fingerprint density at radius 2 is 1.97 bits per heavy atom. The van der Waals surface area contributed by atoms with E-state index >= 15 is 0 Å². The minimum Gasteiger partial charge on any atom is -0.480 e. The molecule has 1 aromatic carbocycles. The van der Waals surface area contributed by atoms with Crippen molar-refractivity contribution in [2.24, 2.45) is 28.7 Å². The van der Waals surface area contributed by atoms with Crippen molar-refractivity contribution in [2.45, 2.75) is 69.2 Å². The number of Topliss-reactive ketones (excluding diaryl/α,β-unsaturated/α-hetero) is 1. The highest BCUT2D eigenvalue weighted by Crippen LogP contribution is 2.67. The van der Waals surface area contributed by atoms with E-state index in [-0.39, 0.29) is 24.2 Å². The van der Waals surface area contributed by atoms with Gasteiger partial charge in [0.1, 0.15) is 18.2 Å². The first-order valence-electron chi connectivity index (χ1n) is 11.6. The highest BCUT2D eigenvalue weighted by molar-refractivity contribution is 6.00. The SMILES string of the molecule is NCCCCC(N)C(=O)C12CC[C@H](C1)[C@@H]1C[C@H](C(=O)O)N[C@]12C(=O)OCc1ccccc1. The molecule has 3 aliphatic rings. The molecule has 2 saturated carbocycles. The first-order valence-corrected chi connectivity index (χ1v) is 11.6. The molecule has 4 rings (SSSR count). The first-order chi connectivity index (χ1) is 15.4. The lowest BCUT2D eigenvalue weighted by Gasteiger charge is -2.45. The summed E-state index contributed by atoms with van der Waals surface area (Å²) in [7, 11) is 0. The Balaban J connectivity index is 1.64. The third-order valence-electron chi connectivity index (χ3n) is 7.93. The smallest absolute Gasteiger partial charge is 0.328 e. The Bertz CT molecular complexity index is 878. The summed E-state index contributed by atoms with van der Waals surface area (Å²) >= 11 is 0. The second-order valence-electron chi connectivity index (χ2n) is 9.59. The molecule has 1 aromatic rings. The molecule has 32 heavy (non-hydrogen) atoms. The maximum atomic E-state index is 13.8. The van der Waals surface area contributed by atoms with Gasteiger partial charge in [0.25, 0.3) is 0 Å². The number of aliphatic carboxylic acids is 1. The van der Waals surface area contributed by atoms with E-state index in [1.165, 1.54) is 0 Å². The number of nitrogens with two attached hydrogens (primary N) is 2. The van der Waals surface area contributed by atoms with Gasteiger partial charge in [-0.25, -0.2) is 4.79 Å². The maximum absolute atomic E-state index is 13.8. The van der Waals surface area contributed by atoms with Gasteiger partial charge in [0.05, 0.1) is 11.5 Å². The summed E-state index contributed by atoms with van der Waals surface area (Å²) < 4.78 is 5.75. The van der Waals surface area contributed by atoms with Crippen LogP contribution in [-0.2, 0) is 25.7 Å². The van der Waals surface area contributed by atoms with E-state index in [1.54, 1.807) is 0 Å². The van der Waals surface area contributed by atoms with Crippen LogP contribution in [-0.4, -0.2) is 47.0 Å². The van der Waals surface area contributed by atoms with Crippen molar-refractivity contribution in [1.82, 2.24) is 5.32 Å². The Kier molecular flexibility index (Phi) is 6.38. The highest BCUT2D eigenvalue weighted by atomic mass is 16.5. The lowest BCUT2D eigenvalue weighted by atomic mass is 9.61. The minimum atomic E-state index is -1.34. The third kappa shape index (κ3) is 3.54. The van der Waals surface area contributed by atoms with E-state index in [9.17, 15) is 19.5 Å². The summed E-state index contributed by atoms with van der Waals surface area (Å²) in [5, 5.41) is 12.8. The van der Waals surface area contributed by atoms with Gasteiger partial charge in [0.2, 0.25) is 0 Å². The number of ketones is 1. The van der Waals surface area contributed by atoms with Crippen molar-refractivity contribution < 1.29 is 24.2 Å². The molecule has 8 heteroatoms. The zero-order chi connectivity index (χ0) is 22.9. The minimum absolute atomic E-state index is 0.0745. The normalized spacial score (nSPS) is 33.6. The molecule has 0 aromatic heterocycles. The number of nitrogens with one attached hydrogen (secondary N) is 1. The van der Waals surface area contributed by atoms with Crippen molar-refractivity contribution in [3.05, 3.63) is 35.9 Å². The molecule has 8 nitrogen and oxygen atoms in total. The molecular formula is C24H33N3O5. The standard InChI is InChI=1S/C24H33N3O5/c25-11-5-4-8-18(26)20(28)23-10-9-16(13-23)17-12-19(21(29)30)27-24(17,23)22(31)32-14-15-6-2-1-3-7-15/h1-3,6-7,16-19,27H,4-5,8-14,25-26H2,(H,29,30)/t16-,17+,18?,19-,23?,24+/m1/s1. The molecular weight excluding hydrogens is 410 g/mol. The molecule has 6 N–H and O–H groups in total. The topological polar surface area (TPSA) is 145 Å². The lowest BCUT2D eigenvalue weighted by molar-refractivity contribution is -0.165. The molecule has 2 bridgehead atoms. The van der Waals surface area contributed by atoms with Gasteiger partial charge in [-0.15, -0.1) is 0 Å². The molecule has 0 radical (unpaired) electrons. The van der Waals surface area contributed by atoms with Crippen LogP contribution in [0.5, 0.6) is 0 Å². The summed E-state index contributed by atoms with van der Waals surface area (Å²) in [6.45, 7) is 0.610. The summed E-state index contributed by atoms with van der Waals surface area (Å²) in [4.78, 5) is 39.3. The summed E-state index contributed by atoms with van der Waals surface area (Å²) in [5.74, 6) is -1.82. The molecule has 2 unspecified atom stereocenters. The van der Waals surface area contributed by atoms with Crippen molar-refractivity contribution in [1.29, 1.82) is 0 Å². The second kappa shape index (κ2) is 8.92. The van der Waals surface area contributed by atoms with Gasteiger partial charge in [-0.1, -0.05) is 36.8 Å². The average Bonchev–Trinajstić information content (AvgIpc) is 3.48. The average molecular weight is 444 g/mol. The fourth-order valence-electron chi connectivity index (χ4n) is 6.51. The molecule has 2 aliphatic carbocycles. The van der Waals surface area contributed by atoms with E-state index in [0.717, 1.165) is 24.8 Å². The van der Waals surface area contributed by atoms with Crippen molar-refractivity contribution in [3.8, 4) is 0 Å². The number of carbonyl (C=O) groups is 3. The van der Waals surface area contributed by atoms with Gasteiger partial charge in [-0.2, -0.15) is 0 Å². The van der Waals surface area contributed by atoms with Gasteiger partial charge >= 0.3 is 11.9 Å². The zero-order valence-corrected chi connectivity index (χ0v) is 18.3. The number of benzene rings is 1. The van der Waals surface area contributed by atoms with E-state index in [0.29, 0.717) is 32.2 Å². The van der Waals surface area contributed by atoms with Crippen molar-refractivity contribution >= 4 is 17.7 Å². The molecule has 0 amide bonds. The molecule has 1 saturated heterocycles. The predicted octanol–water partition coefficient (Wildman–Crippen LogP) is 1.36. The number of fused-ring (bicyclic) bond motifs is 5.